The summed E-state index contributed by atoms with van der Waals surface area (Å²) in [7, 11) is 0. The minimum absolute atomic E-state index is 0.0241. The summed E-state index contributed by atoms with van der Waals surface area (Å²) in [5, 5.41) is 17.0. The molecular formula is C24H22ClN5O3S. The predicted octanol–water partition coefficient (Wildman–Crippen LogP) is 5.14. The van der Waals surface area contributed by atoms with Crippen molar-refractivity contribution in [3.05, 3.63) is 58.6 Å². The van der Waals surface area contributed by atoms with E-state index in [0.29, 0.717) is 34.8 Å². The van der Waals surface area contributed by atoms with E-state index in [1.807, 2.05) is 53.1 Å². The molecule has 1 aromatic carbocycles. The third kappa shape index (κ3) is 4.94. The lowest BCUT2D eigenvalue weighted by molar-refractivity contribution is 0.176. The van der Waals surface area contributed by atoms with Crippen LogP contribution in [0.2, 0.25) is 4.34 Å². The minimum Gasteiger partial charge on any atom is -0.393 e. The number of aromatic nitrogens is 2. The van der Waals surface area contributed by atoms with E-state index < -0.39 is 6.09 Å². The monoisotopic (exact) mass is 495 g/mol. The van der Waals surface area contributed by atoms with Crippen molar-refractivity contribution in [2.24, 2.45) is 0 Å². The van der Waals surface area contributed by atoms with Crippen molar-refractivity contribution >= 4 is 39.9 Å². The Hall–Kier alpha value is -3.32. The van der Waals surface area contributed by atoms with Crippen LogP contribution >= 0.6 is 22.9 Å². The smallest absolute Gasteiger partial charge is 0.393 e. The van der Waals surface area contributed by atoms with Crippen molar-refractivity contribution in [2.45, 2.75) is 25.4 Å². The van der Waals surface area contributed by atoms with Crippen LogP contribution in [0.3, 0.4) is 0 Å². The average Bonchev–Trinajstić information content (AvgIpc) is 3.55. The van der Waals surface area contributed by atoms with Gasteiger partial charge in [-0.25, -0.2) is 4.79 Å². The summed E-state index contributed by atoms with van der Waals surface area (Å²) in [4.78, 5) is 15.7. The number of nitrogens with zero attached hydrogens (tertiary/aromatic N) is 4. The lowest BCUT2D eigenvalue weighted by Crippen LogP contribution is -2.45. The van der Waals surface area contributed by atoms with E-state index in [2.05, 4.69) is 21.4 Å². The number of fused-ring (bicyclic) bond motifs is 1. The van der Waals surface area contributed by atoms with Gasteiger partial charge in [-0.15, -0.1) is 11.3 Å². The summed E-state index contributed by atoms with van der Waals surface area (Å²) in [5.41, 5.74) is 1.63. The van der Waals surface area contributed by atoms with Crippen molar-refractivity contribution in [2.75, 3.05) is 19.6 Å². The van der Waals surface area contributed by atoms with E-state index in [-0.39, 0.29) is 6.04 Å². The Morgan fingerprint density at radius 2 is 2.09 bits per heavy atom. The molecule has 1 saturated heterocycles. The first-order valence-electron chi connectivity index (χ1n) is 11.0. The number of halogens is 1. The summed E-state index contributed by atoms with van der Waals surface area (Å²) >= 11 is 7.46. The highest BCUT2D eigenvalue weighted by Gasteiger charge is 2.22. The number of hydrogen-bond acceptors (Lipinski definition) is 7. The zero-order valence-corrected chi connectivity index (χ0v) is 19.8. The molecule has 1 fully saturated rings. The second-order valence-electron chi connectivity index (χ2n) is 8.16. The molecule has 1 N–H and O–H groups in total. The van der Waals surface area contributed by atoms with Crippen molar-refractivity contribution in [1.29, 1.82) is 5.26 Å². The molecule has 0 aliphatic carbocycles. The Kier molecular flexibility index (Phi) is 6.54. The molecule has 0 spiro atoms. The van der Waals surface area contributed by atoms with Crippen LogP contribution in [-0.4, -0.2) is 46.4 Å². The van der Waals surface area contributed by atoms with E-state index in [1.54, 1.807) is 0 Å². The Morgan fingerprint density at radius 1 is 1.26 bits per heavy atom. The van der Waals surface area contributed by atoms with Gasteiger partial charge in [-0.3, -0.25) is 4.90 Å². The van der Waals surface area contributed by atoms with Crippen LogP contribution in [0.4, 0.5) is 4.79 Å². The molecule has 4 aromatic rings. The highest BCUT2D eigenvalue weighted by Crippen LogP contribution is 2.32. The molecule has 0 unspecified atom stereocenters. The summed E-state index contributed by atoms with van der Waals surface area (Å²) in [6, 6.07) is 17.5. The maximum Gasteiger partial charge on any atom is 0.414 e. The van der Waals surface area contributed by atoms with Gasteiger partial charge in [0.1, 0.15) is 5.69 Å². The number of carbonyl (C=O) groups is 1. The molecule has 5 rings (SSSR count). The number of nitriles is 1. The fraction of sp³-hybridized carbons (Fsp3) is 0.292. The maximum atomic E-state index is 12.7. The van der Waals surface area contributed by atoms with Gasteiger partial charge in [0.05, 0.1) is 33.9 Å². The lowest BCUT2D eigenvalue weighted by Gasteiger charge is -2.30. The number of ether oxygens (including phenoxy) is 1. The van der Waals surface area contributed by atoms with Crippen LogP contribution in [0.5, 0.6) is 5.88 Å². The Labute approximate surface area is 205 Å². The van der Waals surface area contributed by atoms with Crippen LogP contribution in [-0.2, 0) is 6.54 Å². The van der Waals surface area contributed by atoms with E-state index in [9.17, 15) is 4.79 Å². The van der Waals surface area contributed by atoms with Crippen LogP contribution in [0.15, 0.2) is 53.1 Å². The number of carbonyl (C=O) groups excluding carboxylic acids is 1. The number of benzene rings is 1. The Morgan fingerprint density at radius 3 is 2.85 bits per heavy atom. The Bertz CT molecular complexity index is 1350. The van der Waals surface area contributed by atoms with Gasteiger partial charge in [-0.1, -0.05) is 35.0 Å². The SMILES string of the molecule is N#CCN1CCC(NC(=O)Oc2cc3ccccc3n2Cc2cc(-c3ccc(Cl)s3)on2)CC1. The Balaban J connectivity index is 1.31. The van der Waals surface area contributed by atoms with E-state index >= 15 is 0 Å². The fourth-order valence-electron chi connectivity index (χ4n) is 4.17. The first-order chi connectivity index (χ1) is 16.6. The van der Waals surface area contributed by atoms with Gasteiger partial charge in [0.25, 0.3) is 0 Å². The number of hydrogen-bond donors (Lipinski definition) is 1. The zero-order chi connectivity index (χ0) is 23.5. The van der Waals surface area contributed by atoms with Gasteiger partial charge in [0, 0.05) is 36.7 Å². The molecule has 0 saturated carbocycles. The summed E-state index contributed by atoms with van der Waals surface area (Å²) in [6.07, 6.45) is 1.08. The second-order valence-corrected chi connectivity index (χ2v) is 9.87. The van der Waals surface area contributed by atoms with Crippen molar-refractivity contribution < 1.29 is 14.1 Å². The normalized spacial score (nSPS) is 14.8. The van der Waals surface area contributed by atoms with Gasteiger partial charge in [0.2, 0.25) is 5.88 Å². The first-order valence-corrected chi connectivity index (χ1v) is 12.2. The molecule has 3 aromatic heterocycles. The van der Waals surface area contributed by atoms with Gasteiger partial charge >= 0.3 is 6.09 Å². The minimum atomic E-state index is -0.489. The molecule has 0 bridgehead atoms. The molecule has 174 valence electrons. The predicted molar refractivity (Wildman–Crippen MR) is 130 cm³/mol. The van der Waals surface area contributed by atoms with Gasteiger partial charge in [-0.05, 0) is 31.0 Å². The van der Waals surface area contributed by atoms with Crippen molar-refractivity contribution in [3.63, 3.8) is 0 Å². The summed E-state index contributed by atoms with van der Waals surface area (Å²) < 4.78 is 13.9. The zero-order valence-electron chi connectivity index (χ0n) is 18.2. The van der Waals surface area contributed by atoms with E-state index in [1.165, 1.54) is 11.3 Å². The largest absolute Gasteiger partial charge is 0.414 e. The molecule has 34 heavy (non-hydrogen) atoms. The molecule has 1 amide bonds. The molecule has 1 aliphatic rings. The quantitative estimate of drug-likeness (QED) is 0.372. The molecular weight excluding hydrogens is 474 g/mol. The summed E-state index contributed by atoms with van der Waals surface area (Å²) in [6.45, 7) is 2.36. The van der Waals surface area contributed by atoms with Crippen molar-refractivity contribution in [1.82, 2.24) is 19.9 Å². The van der Waals surface area contributed by atoms with Gasteiger partial charge in [0.15, 0.2) is 5.76 Å². The number of nitrogens with one attached hydrogen (secondary N) is 1. The number of amides is 1. The van der Waals surface area contributed by atoms with Gasteiger partial charge in [-0.2, -0.15) is 5.26 Å². The number of piperidine rings is 1. The maximum absolute atomic E-state index is 12.7. The number of rotatable bonds is 6. The number of thiophene rings is 1. The molecule has 8 nitrogen and oxygen atoms in total. The third-order valence-electron chi connectivity index (χ3n) is 5.87. The lowest BCUT2D eigenvalue weighted by atomic mass is 10.1. The van der Waals surface area contributed by atoms with E-state index in [0.717, 1.165) is 41.7 Å². The molecule has 0 atom stereocenters. The van der Waals surface area contributed by atoms with Crippen LogP contribution < -0.4 is 10.1 Å². The van der Waals surface area contributed by atoms with Crippen LogP contribution in [0.25, 0.3) is 21.5 Å². The third-order valence-corrected chi connectivity index (χ3v) is 7.11. The molecule has 1 aliphatic heterocycles. The van der Waals surface area contributed by atoms with Crippen LogP contribution in [0.1, 0.15) is 18.5 Å². The van der Waals surface area contributed by atoms with Crippen molar-refractivity contribution in [3.8, 4) is 22.6 Å². The molecule has 10 heteroatoms. The standard InChI is InChI=1S/C24H22ClN5O3S/c25-22-6-5-21(34-22)20-14-18(28-33-20)15-30-19-4-2-1-3-16(19)13-23(30)32-24(31)27-17-7-10-29(11-8-17)12-9-26/h1-6,13-14,17H,7-8,10-12,15H2,(H,27,31). The molecule has 4 heterocycles. The van der Waals surface area contributed by atoms with Gasteiger partial charge < -0.3 is 19.1 Å². The highest BCUT2D eigenvalue weighted by molar-refractivity contribution is 7.19. The summed E-state index contributed by atoms with van der Waals surface area (Å²) in [5.74, 6) is 1.08. The fourth-order valence-corrected chi connectivity index (χ4v) is 5.16. The number of likely N-dealkylation sites (tertiary alicyclic amines) is 1. The van der Waals surface area contributed by atoms with E-state index in [4.69, 9.17) is 26.1 Å². The average molecular weight is 496 g/mol. The number of para-hydroxylation sites is 1. The first kappa shape index (κ1) is 22.5. The topological polar surface area (TPSA) is 96.3 Å². The second kappa shape index (κ2) is 9.89. The van der Waals surface area contributed by atoms with Crippen LogP contribution in [0, 0.1) is 11.3 Å². The highest BCUT2D eigenvalue weighted by atomic mass is 35.5. The molecule has 0 radical (unpaired) electrons.